The Kier molecular flexibility index (Phi) is 5.92. The van der Waals surface area contributed by atoms with Crippen molar-refractivity contribution in [2.75, 3.05) is 0 Å². The highest BCUT2D eigenvalue weighted by atomic mass is 32.2. The van der Waals surface area contributed by atoms with Gasteiger partial charge in [-0.15, -0.1) is 0 Å². The second kappa shape index (κ2) is 10.8. The van der Waals surface area contributed by atoms with E-state index in [0.717, 1.165) is 33.2 Å². The maximum atomic E-state index is 5.45. The summed E-state index contributed by atoms with van der Waals surface area (Å²) in [6.45, 7) is 0. The zero-order valence-corrected chi connectivity index (χ0v) is 29.3. The number of aromatic nitrogens is 3. The molecule has 3 heterocycles. The number of nitrogens with zero attached hydrogens (tertiary/aromatic N) is 3. The van der Waals surface area contributed by atoms with Gasteiger partial charge >= 0.3 is 0 Å². The van der Waals surface area contributed by atoms with E-state index in [9.17, 15) is 0 Å². The van der Waals surface area contributed by atoms with Crippen LogP contribution in [0.2, 0.25) is 0 Å². The van der Waals surface area contributed by atoms with Gasteiger partial charge in [0, 0.05) is 31.5 Å². The third-order valence-electron chi connectivity index (χ3n) is 11.5. The molecule has 1 aliphatic carbocycles. The lowest BCUT2D eigenvalue weighted by atomic mass is 9.67. The van der Waals surface area contributed by atoms with E-state index >= 15 is 0 Å². The van der Waals surface area contributed by atoms with Crippen LogP contribution in [-0.4, -0.2) is 14.5 Å². The Morgan fingerprint density at radius 3 is 1.92 bits per heavy atom. The molecule has 1 spiro atoms. The van der Waals surface area contributed by atoms with Crippen LogP contribution in [0, 0.1) is 0 Å². The maximum Gasteiger partial charge on any atom is 0.235 e. The maximum absolute atomic E-state index is 5.45. The van der Waals surface area contributed by atoms with Crippen molar-refractivity contribution in [1.82, 2.24) is 14.5 Å². The molecule has 10 aromatic rings. The molecule has 0 fully saturated rings. The van der Waals surface area contributed by atoms with Gasteiger partial charge < -0.3 is 0 Å². The summed E-state index contributed by atoms with van der Waals surface area (Å²) in [5.41, 5.74) is 12.5. The number of para-hydroxylation sites is 1. The first kappa shape index (κ1) is 29.1. The molecular formula is C49H29N3S. The summed E-state index contributed by atoms with van der Waals surface area (Å²) in [7, 11) is 0. The normalized spacial score (nSPS) is 13.7. The van der Waals surface area contributed by atoms with Gasteiger partial charge in [-0.2, -0.15) is 0 Å². The van der Waals surface area contributed by atoms with Crippen LogP contribution in [0.3, 0.4) is 0 Å². The van der Waals surface area contributed by atoms with Crippen LogP contribution in [0.15, 0.2) is 186 Å². The highest BCUT2D eigenvalue weighted by molar-refractivity contribution is 7.99. The second-order valence-electron chi connectivity index (χ2n) is 14.1. The van der Waals surface area contributed by atoms with Crippen molar-refractivity contribution in [3.05, 3.63) is 198 Å². The van der Waals surface area contributed by atoms with Crippen molar-refractivity contribution in [2.45, 2.75) is 15.2 Å². The van der Waals surface area contributed by atoms with Crippen LogP contribution in [0.5, 0.6) is 0 Å². The molecule has 0 unspecified atom stereocenters. The molecule has 8 aromatic carbocycles. The summed E-state index contributed by atoms with van der Waals surface area (Å²) in [5, 5.41) is 5.90. The third-order valence-corrected chi connectivity index (χ3v) is 12.6. The number of hydrogen-bond donors (Lipinski definition) is 0. The van der Waals surface area contributed by atoms with Crippen LogP contribution >= 0.6 is 11.8 Å². The number of benzene rings is 8. The van der Waals surface area contributed by atoms with Gasteiger partial charge in [0.2, 0.25) is 5.95 Å². The summed E-state index contributed by atoms with van der Waals surface area (Å²) in [4.78, 5) is 13.4. The first-order valence-electron chi connectivity index (χ1n) is 18.1. The van der Waals surface area contributed by atoms with Gasteiger partial charge in [0.15, 0.2) is 0 Å². The zero-order chi connectivity index (χ0) is 34.7. The Hall–Kier alpha value is -6.49. The minimum Gasteiger partial charge on any atom is -0.278 e. The van der Waals surface area contributed by atoms with Gasteiger partial charge in [0.05, 0.1) is 27.7 Å². The molecule has 4 heteroatoms. The molecule has 0 N–H and O–H groups in total. The Morgan fingerprint density at radius 2 is 1.11 bits per heavy atom. The smallest absolute Gasteiger partial charge is 0.235 e. The van der Waals surface area contributed by atoms with Gasteiger partial charge in [0.1, 0.15) is 0 Å². The number of fused-ring (bicyclic) bond motifs is 15. The Morgan fingerprint density at radius 1 is 0.453 bits per heavy atom. The fourth-order valence-corrected chi connectivity index (χ4v) is 10.5. The van der Waals surface area contributed by atoms with E-state index in [1.807, 2.05) is 11.8 Å². The highest BCUT2D eigenvalue weighted by Gasteiger charge is 2.50. The number of hydrogen-bond acceptors (Lipinski definition) is 3. The molecule has 0 amide bonds. The first-order valence-corrected chi connectivity index (χ1v) is 18.9. The SMILES string of the molecule is c1ccc(-c2nc(-n3c4cc5c(cc4c4c6ccccc6ccc43)-c3ccccc3C53c4ccccc4Sc4ccccc43)nc3ccccc23)cc1. The predicted octanol–water partition coefficient (Wildman–Crippen LogP) is 12.4. The Bertz CT molecular complexity index is 3110. The van der Waals surface area contributed by atoms with Crippen molar-refractivity contribution in [3.8, 4) is 28.3 Å². The lowest BCUT2D eigenvalue weighted by molar-refractivity contribution is 0.723. The molecule has 246 valence electrons. The van der Waals surface area contributed by atoms with Gasteiger partial charge in [-0.3, -0.25) is 4.57 Å². The van der Waals surface area contributed by atoms with E-state index in [0.29, 0.717) is 5.95 Å². The second-order valence-corrected chi connectivity index (χ2v) is 15.2. The largest absolute Gasteiger partial charge is 0.278 e. The predicted molar refractivity (Wildman–Crippen MR) is 218 cm³/mol. The van der Waals surface area contributed by atoms with E-state index < -0.39 is 5.41 Å². The summed E-state index contributed by atoms with van der Waals surface area (Å²) < 4.78 is 2.32. The quantitative estimate of drug-likeness (QED) is 0.181. The minimum absolute atomic E-state index is 0.485. The van der Waals surface area contributed by atoms with Crippen molar-refractivity contribution in [1.29, 1.82) is 0 Å². The van der Waals surface area contributed by atoms with E-state index in [2.05, 4.69) is 180 Å². The number of rotatable bonds is 2. The van der Waals surface area contributed by atoms with Crippen LogP contribution < -0.4 is 0 Å². The molecule has 0 saturated heterocycles. The minimum atomic E-state index is -0.485. The fourth-order valence-electron chi connectivity index (χ4n) is 9.33. The first-order chi connectivity index (χ1) is 26.3. The molecule has 0 radical (unpaired) electrons. The van der Waals surface area contributed by atoms with Crippen molar-refractivity contribution >= 4 is 55.2 Å². The van der Waals surface area contributed by atoms with Crippen LogP contribution in [0.1, 0.15) is 22.3 Å². The Labute approximate surface area is 310 Å². The molecule has 2 aromatic heterocycles. The van der Waals surface area contributed by atoms with Crippen molar-refractivity contribution < 1.29 is 0 Å². The van der Waals surface area contributed by atoms with Gasteiger partial charge in [-0.25, -0.2) is 9.97 Å². The molecule has 53 heavy (non-hydrogen) atoms. The summed E-state index contributed by atoms with van der Waals surface area (Å²) in [5.74, 6) is 0.669. The molecule has 0 atom stereocenters. The molecule has 0 bridgehead atoms. The summed E-state index contributed by atoms with van der Waals surface area (Å²) >= 11 is 1.88. The van der Waals surface area contributed by atoms with Crippen LogP contribution in [-0.2, 0) is 5.41 Å². The van der Waals surface area contributed by atoms with Crippen molar-refractivity contribution in [2.24, 2.45) is 0 Å². The Balaban J connectivity index is 1.27. The van der Waals surface area contributed by atoms with E-state index in [-0.39, 0.29) is 0 Å². The molecule has 1 aliphatic heterocycles. The zero-order valence-electron chi connectivity index (χ0n) is 28.5. The molecular weight excluding hydrogens is 663 g/mol. The van der Waals surface area contributed by atoms with Crippen molar-refractivity contribution in [3.63, 3.8) is 0 Å². The molecule has 12 rings (SSSR count). The fraction of sp³-hybridized carbons (Fsp3) is 0.0204. The monoisotopic (exact) mass is 691 g/mol. The standard InChI is InChI=1S/C49H29N3S/c1-2-15-31(16-3-1)47-34-19-7-11-23-41(34)50-48(51-47)52-42-27-26-30-14-4-5-17-32(30)46(42)36-28-35-33-18-6-8-20-37(33)49(40(35)29-43(36)52)38-21-9-12-24-44(38)53-45-25-13-10-22-39(45)49/h1-29H. The van der Waals surface area contributed by atoms with Crippen LogP contribution in [0.25, 0.3) is 71.8 Å². The molecule has 3 nitrogen and oxygen atoms in total. The lowest BCUT2D eigenvalue weighted by Gasteiger charge is -2.39. The van der Waals surface area contributed by atoms with Gasteiger partial charge in [-0.05, 0) is 80.6 Å². The summed E-state index contributed by atoms with van der Waals surface area (Å²) in [6, 6.07) is 64.1. The van der Waals surface area contributed by atoms with Gasteiger partial charge in [-0.1, -0.05) is 151 Å². The molecule has 0 saturated carbocycles. The van der Waals surface area contributed by atoms with E-state index in [1.165, 1.54) is 64.7 Å². The van der Waals surface area contributed by atoms with Crippen LogP contribution in [0.4, 0.5) is 0 Å². The highest BCUT2D eigenvalue weighted by Crippen LogP contribution is 2.63. The molecule has 2 aliphatic rings. The average molecular weight is 692 g/mol. The lowest BCUT2D eigenvalue weighted by Crippen LogP contribution is -2.31. The summed E-state index contributed by atoms with van der Waals surface area (Å²) in [6.07, 6.45) is 0. The average Bonchev–Trinajstić information content (AvgIpc) is 3.70. The van der Waals surface area contributed by atoms with Gasteiger partial charge in [0.25, 0.3) is 0 Å². The third kappa shape index (κ3) is 3.85. The van der Waals surface area contributed by atoms with E-state index in [1.54, 1.807) is 0 Å². The van der Waals surface area contributed by atoms with E-state index in [4.69, 9.17) is 9.97 Å². The topological polar surface area (TPSA) is 30.7 Å².